The number of nitrogens with one attached hydrogen (secondary N) is 1. The number of carbonyl (C=O) groups is 1. The summed E-state index contributed by atoms with van der Waals surface area (Å²) in [6, 6.07) is 7.85. The van der Waals surface area contributed by atoms with Gasteiger partial charge >= 0.3 is 0 Å². The minimum atomic E-state index is -0.0404. The highest BCUT2D eigenvalue weighted by atomic mass is 79.9. The van der Waals surface area contributed by atoms with Crippen LogP contribution in [0.2, 0.25) is 0 Å². The fourth-order valence-electron chi connectivity index (χ4n) is 1.62. The van der Waals surface area contributed by atoms with E-state index in [1.165, 1.54) is 0 Å². The average Bonchev–Trinajstić information content (AvgIpc) is 2.29. The highest BCUT2D eigenvalue weighted by Crippen LogP contribution is 2.16. The molecule has 0 bridgehead atoms. The Kier molecular flexibility index (Phi) is 6.32. The van der Waals surface area contributed by atoms with E-state index < -0.39 is 0 Å². The van der Waals surface area contributed by atoms with Crippen LogP contribution in [0.25, 0.3) is 0 Å². The van der Waals surface area contributed by atoms with Crippen LogP contribution < -0.4 is 5.32 Å². The summed E-state index contributed by atoms with van der Waals surface area (Å²) in [5, 5.41) is 11.7. The number of benzene rings is 1. The lowest BCUT2D eigenvalue weighted by atomic mass is 10.1. The first-order chi connectivity index (χ1) is 8.52. The Morgan fingerprint density at radius 2 is 2.06 bits per heavy atom. The number of hydrogen-bond acceptors (Lipinski definition) is 3. The van der Waals surface area contributed by atoms with Gasteiger partial charge in [0.1, 0.15) is 0 Å². The highest BCUT2D eigenvalue weighted by Gasteiger charge is 2.11. The Bertz CT molecular complexity index is 381. The molecule has 1 rings (SSSR count). The first-order valence-corrected chi connectivity index (χ1v) is 6.66. The molecular formula is C13H19BrN2O2. The van der Waals surface area contributed by atoms with E-state index >= 15 is 0 Å². The molecule has 0 spiro atoms. The predicted molar refractivity (Wildman–Crippen MR) is 75.3 cm³/mol. The third-order valence-corrected chi connectivity index (χ3v) is 3.17. The third-order valence-electron chi connectivity index (χ3n) is 2.64. The monoisotopic (exact) mass is 314 g/mol. The maximum Gasteiger partial charge on any atom is 0.234 e. The van der Waals surface area contributed by atoms with Gasteiger partial charge in [0.05, 0.1) is 19.2 Å². The number of aliphatic hydroxyl groups is 1. The van der Waals surface area contributed by atoms with Gasteiger partial charge in [0.15, 0.2) is 0 Å². The molecule has 1 unspecified atom stereocenters. The van der Waals surface area contributed by atoms with Gasteiger partial charge in [0.25, 0.3) is 0 Å². The molecule has 0 aliphatic carbocycles. The van der Waals surface area contributed by atoms with Crippen LogP contribution in [0.3, 0.4) is 0 Å². The second-order valence-electron chi connectivity index (χ2n) is 4.30. The minimum Gasteiger partial charge on any atom is -0.395 e. The molecule has 0 radical (unpaired) electrons. The topological polar surface area (TPSA) is 52.6 Å². The molecule has 1 aromatic rings. The van der Waals surface area contributed by atoms with Crippen molar-refractivity contribution in [2.45, 2.75) is 13.0 Å². The maximum atomic E-state index is 11.7. The molecule has 0 fully saturated rings. The SMILES string of the molecule is CC(NC(=O)CN(C)CCO)c1ccc(Br)cc1. The minimum absolute atomic E-state index is 0.0203. The Balaban J connectivity index is 2.46. The van der Waals surface area contributed by atoms with Gasteiger partial charge < -0.3 is 10.4 Å². The van der Waals surface area contributed by atoms with Gasteiger partial charge in [-0.3, -0.25) is 9.69 Å². The highest BCUT2D eigenvalue weighted by molar-refractivity contribution is 9.10. The van der Waals surface area contributed by atoms with Crippen LogP contribution in [0.5, 0.6) is 0 Å². The van der Waals surface area contributed by atoms with Crippen molar-refractivity contribution in [2.24, 2.45) is 0 Å². The van der Waals surface area contributed by atoms with Gasteiger partial charge in [-0.15, -0.1) is 0 Å². The van der Waals surface area contributed by atoms with Crippen LogP contribution >= 0.6 is 15.9 Å². The van der Waals surface area contributed by atoms with Crippen LogP contribution in [-0.4, -0.2) is 42.7 Å². The Morgan fingerprint density at radius 3 is 2.61 bits per heavy atom. The lowest BCUT2D eigenvalue weighted by Crippen LogP contribution is -2.37. The van der Waals surface area contributed by atoms with Crippen molar-refractivity contribution in [3.8, 4) is 0 Å². The van der Waals surface area contributed by atoms with E-state index in [2.05, 4.69) is 21.2 Å². The number of hydrogen-bond donors (Lipinski definition) is 2. The largest absolute Gasteiger partial charge is 0.395 e. The summed E-state index contributed by atoms with van der Waals surface area (Å²) < 4.78 is 1.02. The number of aliphatic hydroxyl groups excluding tert-OH is 1. The Labute approximate surface area is 116 Å². The van der Waals surface area contributed by atoms with E-state index in [4.69, 9.17) is 5.11 Å². The molecule has 2 N–H and O–H groups in total. The molecule has 18 heavy (non-hydrogen) atoms. The standard InChI is InChI=1S/C13H19BrN2O2/c1-10(11-3-5-12(14)6-4-11)15-13(18)9-16(2)7-8-17/h3-6,10,17H,7-9H2,1-2H3,(H,15,18). The number of carbonyl (C=O) groups excluding carboxylic acids is 1. The smallest absolute Gasteiger partial charge is 0.234 e. The van der Waals surface area contributed by atoms with Gasteiger partial charge in [-0.05, 0) is 31.7 Å². The van der Waals surface area contributed by atoms with Crippen LogP contribution in [0.4, 0.5) is 0 Å². The first kappa shape index (κ1) is 15.1. The number of halogens is 1. The summed E-state index contributed by atoms with van der Waals surface area (Å²) in [5.74, 6) is -0.0404. The molecule has 1 amide bonds. The number of rotatable bonds is 6. The van der Waals surface area contributed by atoms with Crippen molar-refractivity contribution in [3.63, 3.8) is 0 Å². The number of nitrogens with zero attached hydrogens (tertiary/aromatic N) is 1. The second-order valence-corrected chi connectivity index (χ2v) is 5.22. The van der Waals surface area contributed by atoms with Crippen molar-refractivity contribution in [2.75, 3.05) is 26.7 Å². The molecular weight excluding hydrogens is 296 g/mol. The molecule has 1 aromatic carbocycles. The van der Waals surface area contributed by atoms with Gasteiger partial charge in [0.2, 0.25) is 5.91 Å². The quantitative estimate of drug-likeness (QED) is 0.837. The summed E-state index contributed by atoms with van der Waals surface area (Å²) in [6.07, 6.45) is 0. The van der Waals surface area contributed by atoms with Crippen molar-refractivity contribution in [1.29, 1.82) is 0 Å². The summed E-state index contributed by atoms with van der Waals surface area (Å²) in [7, 11) is 1.81. The zero-order chi connectivity index (χ0) is 13.5. The number of amides is 1. The van der Waals surface area contributed by atoms with E-state index in [1.54, 1.807) is 11.9 Å². The van der Waals surface area contributed by atoms with E-state index in [-0.39, 0.29) is 18.6 Å². The van der Waals surface area contributed by atoms with Crippen LogP contribution in [0.15, 0.2) is 28.7 Å². The molecule has 4 nitrogen and oxygen atoms in total. The second kappa shape index (κ2) is 7.51. The van der Waals surface area contributed by atoms with Gasteiger partial charge in [-0.25, -0.2) is 0 Å². The fraction of sp³-hybridized carbons (Fsp3) is 0.462. The zero-order valence-electron chi connectivity index (χ0n) is 10.7. The average molecular weight is 315 g/mol. The van der Waals surface area contributed by atoms with E-state index in [0.717, 1.165) is 10.0 Å². The van der Waals surface area contributed by atoms with Crippen molar-refractivity contribution < 1.29 is 9.90 Å². The fourth-order valence-corrected chi connectivity index (χ4v) is 1.88. The van der Waals surface area contributed by atoms with Crippen LogP contribution in [0.1, 0.15) is 18.5 Å². The summed E-state index contributed by atoms with van der Waals surface area (Å²) in [6.45, 7) is 2.81. The molecule has 0 aliphatic heterocycles. The van der Waals surface area contributed by atoms with Gasteiger partial charge in [-0.2, -0.15) is 0 Å². The van der Waals surface area contributed by atoms with Crippen LogP contribution in [0, 0.1) is 0 Å². The molecule has 0 heterocycles. The Hall–Kier alpha value is -0.910. The summed E-state index contributed by atoms with van der Waals surface area (Å²) in [4.78, 5) is 13.5. The van der Waals surface area contributed by atoms with E-state index in [0.29, 0.717) is 13.1 Å². The van der Waals surface area contributed by atoms with Gasteiger partial charge in [0, 0.05) is 11.0 Å². The number of likely N-dealkylation sites (N-methyl/N-ethyl adjacent to an activating group) is 1. The molecule has 5 heteroatoms. The molecule has 100 valence electrons. The van der Waals surface area contributed by atoms with Crippen molar-refractivity contribution in [3.05, 3.63) is 34.3 Å². The zero-order valence-corrected chi connectivity index (χ0v) is 12.3. The van der Waals surface area contributed by atoms with E-state index in [9.17, 15) is 4.79 Å². The van der Waals surface area contributed by atoms with Crippen molar-refractivity contribution >= 4 is 21.8 Å². The van der Waals surface area contributed by atoms with Crippen LogP contribution in [-0.2, 0) is 4.79 Å². The third kappa shape index (κ3) is 5.16. The summed E-state index contributed by atoms with van der Waals surface area (Å²) >= 11 is 3.38. The molecule has 0 aromatic heterocycles. The lowest BCUT2D eigenvalue weighted by molar-refractivity contribution is -0.122. The Morgan fingerprint density at radius 1 is 1.44 bits per heavy atom. The van der Waals surface area contributed by atoms with Crippen molar-refractivity contribution in [1.82, 2.24) is 10.2 Å². The molecule has 0 aliphatic rings. The van der Waals surface area contributed by atoms with E-state index in [1.807, 2.05) is 31.2 Å². The maximum absolute atomic E-state index is 11.7. The molecule has 0 saturated heterocycles. The summed E-state index contributed by atoms with van der Waals surface area (Å²) in [5.41, 5.74) is 1.07. The predicted octanol–water partition coefficient (Wildman–Crippen LogP) is 1.55. The molecule has 0 saturated carbocycles. The van der Waals surface area contributed by atoms with Gasteiger partial charge in [-0.1, -0.05) is 28.1 Å². The lowest BCUT2D eigenvalue weighted by Gasteiger charge is -2.18. The molecule has 1 atom stereocenters. The normalized spacial score (nSPS) is 12.5. The first-order valence-electron chi connectivity index (χ1n) is 5.87.